The predicted octanol–water partition coefficient (Wildman–Crippen LogP) is 0.828. The molecule has 0 radical (unpaired) electrons. The van der Waals surface area contributed by atoms with Crippen LogP contribution in [-0.4, -0.2) is 18.4 Å². The van der Waals surface area contributed by atoms with E-state index in [1.807, 2.05) is 6.07 Å². The van der Waals surface area contributed by atoms with Crippen molar-refractivity contribution >= 4 is 14.0 Å². The monoisotopic (exact) mass is 248 g/mol. The molecule has 0 aliphatic carbocycles. The summed E-state index contributed by atoms with van der Waals surface area (Å²) in [7, 11) is -3.98. The Labute approximate surface area is 100.0 Å². The third-order valence-corrected chi connectivity index (χ3v) is 3.55. The highest BCUT2D eigenvalue weighted by Crippen LogP contribution is 2.10. The topological polar surface area (TPSA) is 58.9 Å². The van der Waals surface area contributed by atoms with Gasteiger partial charge in [-0.3, -0.25) is 0 Å². The predicted molar refractivity (Wildman–Crippen MR) is 64.4 cm³/mol. The zero-order valence-corrected chi connectivity index (χ0v) is 9.98. The van der Waals surface area contributed by atoms with Crippen LogP contribution in [0.1, 0.15) is 0 Å². The minimum Gasteiger partial charge on any atom is -0.385 e. The van der Waals surface area contributed by atoms with Crippen molar-refractivity contribution in [1.29, 1.82) is 0 Å². The summed E-state index contributed by atoms with van der Waals surface area (Å²) in [4.78, 5) is 24.5. The molecule has 0 amide bonds. The molecule has 5 heteroatoms. The molecule has 0 aliphatic rings. The number of para-hydroxylation sites is 1. The van der Waals surface area contributed by atoms with Gasteiger partial charge in [0.05, 0.1) is 0 Å². The normalized spacial score (nSPS) is 11.2. The molecule has 0 saturated heterocycles. The first kappa shape index (κ1) is 11.8. The van der Waals surface area contributed by atoms with Crippen LogP contribution in [0.25, 0.3) is 0 Å². The van der Waals surface area contributed by atoms with Crippen LogP contribution in [0.3, 0.4) is 0 Å². The number of hydrogen-bond acceptors (Lipinski definition) is 4. The maximum absolute atomic E-state index is 9.79. The summed E-state index contributed by atoms with van der Waals surface area (Å²) >= 11 is 0. The molecule has 0 unspecified atom stereocenters. The van der Waals surface area contributed by atoms with Crippen molar-refractivity contribution < 1.29 is 19.1 Å². The summed E-state index contributed by atoms with van der Waals surface area (Å²) < 4.78 is 4.75. The molecular weight excluding hydrogens is 236 g/mol. The molecular formula is C12H12O4Si. The van der Waals surface area contributed by atoms with Crippen LogP contribution in [0, 0.1) is 0 Å². The van der Waals surface area contributed by atoms with E-state index >= 15 is 0 Å². The second-order valence-electron chi connectivity index (χ2n) is 3.45. The van der Waals surface area contributed by atoms with Gasteiger partial charge in [0, 0.05) is 5.19 Å². The average Bonchev–Trinajstić information content (AvgIpc) is 2.39. The van der Waals surface area contributed by atoms with Gasteiger partial charge in [-0.05, 0) is 12.1 Å². The van der Waals surface area contributed by atoms with Crippen molar-refractivity contribution in [3.8, 4) is 5.75 Å². The van der Waals surface area contributed by atoms with Crippen LogP contribution < -0.4 is 10.1 Å². The Bertz CT molecular complexity index is 458. The number of benzene rings is 2. The fraction of sp³-hybridized carbons (Fsp3) is 0. The standard InChI is InChI=1S/C12H12O4Si/c13-17(14,12-9-5-2-6-10-12)16-15-11-7-3-1-4-8-11/h1-10,13-14H. The van der Waals surface area contributed by atoms with Crippen LogP contribution in [-0.2, 0) is 4.58 Å². The zero-order chi connectivity index (χ0) is 12.1. The molecule has 4 nitrogen and oxygen atoms in total. The molecule has 0 spiro atoms. The van der Waals surface area contributed by atoms with Crippen LogP contribution >= 0.6 is 0 Å². The Hall–Kier alpha value is -1.66. The van der Waals surface area contributed by atoms with Crippen molar-refractivity contribution in [2.75, 3.05) is 0 Å². The Morgan fingerprint density at radius 3 is 1.88 bits per heavy atom. The van der Waals surface area contributed by atoms with Crippen LogP contribution in [0.2, 0.25) is 0 Å². The highest BCUT2D eigenvalue weighted by Gasteiger charge is 2.38. The van der Waals surface area contributed by atoms with E-state index in [1.54, 1.807) is 54.6 Å². The fourth-order valence-corrected chi connectivity index (χ4v) is 2.22. The Balaban J connectivity index is 2.03. The molecule has 0 saturated carbocycles. The lowest BCUT2D eigenvalue weighted by atomic mass is 10.3. The van der Waals surface area contributed by atoms with Gasteiger partial charge in [-0.25, -0.2) is 0 Å². The van der Waals surface area contributed by atoms with Crippen molar-refractivity contribution in [3.05, 3.63) is 60.7 Å². The Kier molecular flexibility index (Phi) is 3.55. The quantitative estimate of drug-likeness (QED) is 0.478. The van der Waals surface area contributed by atoms with E-state index in [0.29, 0.717) is 10.9 Å². The van der Waals surface area contributed by atoms with E-state index < -0.39 is 8.80 Å². The van der Waals surface area contributed by atoms with Gasteiger partial charge in [-0.1, -0.05) is 48.5 Å². The van der Waals surface area contributed by atoms with E-state index in [1.165, 1.54) is 0 Å². The summed E-state index contributed by atoms with van der Waals surface area (Å²) in [6.07, 6.45) is 0. The molecule has 0 aliphatic heterocycles. The summed E-state index contributed by atoms with van der Waals surface area (Å²) in [5.74, 6) is 0.420. The minimum absolute atomic E-state index is 0.330. The fourth-order valence-electron chi connectivity index (χ4n) is 1.29. The van der Waals surface area contributed by atoms with Crippen molar-refractivity contribution in [1.82, 2.24) is 0 Å². The largest absolute Gasteiger partial charge is 0.572 e. The van der Waals surface area contributed by atoms with E-state index in [4.69, 9.17) is 9.46 Å². The third-order valence-electron chi connectivity index (χ3n) is 2.15. The molecule has 0 atom stereocenters. The second-order valence-corrected chi connectivity index (χ2v) is 5.41. The second kappa shape index (κ2) is 5.11. The molecule has 88 valence electrons. The molecule has 2 aromatic carbocycles. The Morgan fingerprint density at radius 1 is 0.765 bits per heavy atom. The van der Waals surface area contributed by atoms with Gasteiger partial charge >= 0.3 is 8.80 Å². The van der Waals surface area contributed by atoms with Gasteiger partial charge in [0.1, 0.15) is 0 Å². The van der Waals surface area contributed by atoms with Crippen LogP contribution in [0.5, 0.6) is 5.75 Å². The number of rotatable bonds is 4. The van der Waals surface area contributed by atoms with E-state index in [2.05, 4.69) is 0 Å². The number of hydrogen-bond donors (Lipinski definition) is 2. The first-order chi connectivity index (χ1) is 8.18. The first-order valence-electron chi connectivity index (χ1n) is 5.09. The molecule has 0 heterocycles. The summed E-state index contributed by atoms with van der Waals surface area (Å²) in [5, 5.41) is 0.330. The molecule has 0 fully saturated rings. The van der Waals surface area contributed by atoms with Gasteiger partial charge < -0.3 is 14.5 Å². The van der Waals surface area contributed by atoms with Crippen LogP contribution in [0.4, 0.5) is 0 Å². The molecule has 0 aromatic heterocycles. The molecule has 0 bridgehead atoms. The average molecular weight is 248 g/mol. The van der Waals surface area contributed by atoms with Crippen molar-refractivity contribution in [2.24, 2.45) is 0 Å². The third kappa shape index (κ3) is 3.15. The van der Waals surface area contributed by atoms with Crippen molar-refractivity contribution in [2.45, 2.75) is 0 Å². The maximum Gasteiger partial charge on any atom is 0.572 e. The smallest absolute Gasteiger partial charge is 0.385 e. The maximum atomic E-state index is 9.79. The van der Waals surface area contributed by atoms with E-state index in [9.17, 15) is 9.59 Å². The molecule has 2 rings (SSSR count). The van der Waals surface area contributed by atoms with Gasteiger partial charge in [0.15, 0.2) is 5.75 Å². The van der Waals surface area contributed by atoms with Crippen molar-refractivity contribution in [3.63, 3.8) is 0 Å². The lowest BCUT2D eigenvalue weighted by molar-refractivity contribution is -0.146. The molecule has 2 aromatic rings. The van der Waals surface area contributed by atoms with Crippen LogP contribution in [0.15, 0.2) is 60.7 Å². The summed E-state index contributed by atoms with van der Waals surface area (Å²) in [6, 6.07) is 17.0. The lowest BCUT2D eigenvalue weighted by Gasteiger charge is -2.16. The van der Waals surface area contributed by atoms with Gasteiger partial charge in [0.2, 0.25) is 0 Å². The first-order valence-corrected chi connectivity index (χ1v) is 6.90. The SMILES string of the molecule is O[Si](O)(OOc1ccccc1)c1ccccc1. The zero-order valence-electron chi connectivity index (χ0n) is 8.98. The van der Waals surface area contributed by atoms with Gasteiger partial charge in [-0.15, -0.1) is 0 Å². The molecule has 2 N–H and O–H groups in total. The van der Waals surface area contributed by atoms with E-state index in [-0.39, 0.29) is 0 Å². The highest BCUT2D eigenvalue weighted by molar-refractivity contribution is 6.72. The summed E-state index contributed by atoms with van der Waals surface area (Å²) in [6.45, 7) is 0. The van der Waals surface area contributed by atoms with Gasteiger partial charge in [0.25, 0.3) is 0 Å². The lowest BCUT2D eigenvalue weighted by Crippen LogP contribution is -2.52. The van der Waals surface area contributed by atoms with Gasteiger partial charge in [-0.2, -0.15) is 4.58 Å². The van der Waals surface area contributed by atoms with E-state index in [0.717, 1.165) is 0 Å². The highest BCUT2D eigenvalue weighted by atomic mass is 28.4. The summed E-state index contributed by atoms with van der Waals surface area (Å²) in [5.41, 5.74) is 0. The Morgan fingerprint density at radius 2 is 1.29 bits per heavy atom. The minimum atomic E-state index is -3.98. The molecule has 17 heavy (non-hydrogen) atoms.